The first kappa shape index (κ1) is 13.4. The molecule has 0 radical (unpaired) electrons. The molecule has 1 amide bonds. The maximum absolute atomic E-state index is 13.3. The Morgan fingerprint density at radius 3 is 2.65 bits per heavy atom. The van der Waals surface area contributed by atoms with E-state index < -0.39 is 11.9 Å². The van der Waals surface area contributed by atoms with Gasteiger partial charge in [0.1, 0.15) is 6.04 Å². The van der Waals surface area contributed by atoms with Crippen LogP contribution in [0.1, 0.15) is 27.7 Å². The monoisotopic (exact) mass is 239 g/mol. The minimum Gasteiger partial charge on any atom is -0.356 e. The number of hydrogen-bond acceptors (Lipinski definition) is 3. The van der Waals surface area contributed by atoms with Crippen LogP contribution in [-0.2, 0) is 4.79 Å². The lowest BCUT2D eigenvalue weighted by Gasteiger charge is -2.23. The van der Waals surface area contributed by atoms with Gasteiger partial charge in [0.15, 0.2) is 11.6 Å². The van der Waals surface area contributed by atoms with Crippen LogP contribution in [0.5, 0.6) is 0 Å². The molecule has 0 saturated heterocycles. The van der Waals surface area contributed by atoms with Crippen molar-refractivity contribution >= 4 is 11.7 Å². The van der Waals surface area contributed by atoms with Crippen LogP contribution in [0.2, 0.25) is 0 Å². The average molecular weight is 239 g/mol. The van der Waals surface area contributed by atoms with E-state index in [2.05, 4.69) is 15.6 Å². The molecular weight excluding hydrogens is 221 g/mol. The van der Waals surface area contributed by atoms with Gasteiger partial charge >= 0.3 is 0 Å². The van der Waals surface area contributed by atoms with Gasteiger partial charge in [-0.15, -0.1) is 0 Å². The lowest BCUT2D eigenvalue weighted by atomic mass is 10.1. The molecule has 0 aromatic carbocycles. The highest BCUT2D eigenvalue weighted by atomic mass is 19.1. The van der Waals surface area contributed by atoms with Crippen LogP contribution in [0.25, 0.3) is 0 Å². The highest BCUT2D eigenvalue weighted by Gasteiger charge is 2.20. The van der Waals surface area contributed by atoms with Crippen molar-refractivity contribution in [3.63, 3.8) is 0 Å². The molecule has 1 unspecified atom stereocenters. The van der Waals surface area contributed by atoms with Crippen molar-refractivity contribution < 1.29 is 9.18 Å². The van der Waals surface area contributed by atoms with Crippen molar-refractivity contribution in [3.8, 4) is 0 Å². The Bertz CT molecular complexity index is 401. The second-order valence-corrected chi connectivity index (χ2v) is 4.94. The van der Waals surface area contributed by atoms with Crippen molar-refractivity contribution in [1.29, 1.82) is 0 Å². The quantitative estimate of drug-likeness (QED) is 0.847. The second-order valence-electron chi connectivity index (χ2n) is 4.94. The summed E-state index contributed by atoms with van der Waals surface area (Å²) in [4.78, 5) is 15.6. The zero-order valence-corrected chi connectivity index (χ0v) is 10.5. The van der Waals surface area contributed by atoms with E-state index in [1.54, 1.807) is 6.92 Å². The van der Waals surface area contributed by atoms with Gasteiger partial charge in [-0.1, -0.05) is 0 Å². The fraction of sp³-hybridized carbons (Fsp3) is 0.500. The van der Waals surface area contributed by atoms with Gasteiger partial charge in [-0.25, -0.2) is 9.37 Å². The Morgan fingerprint density at radius 1 is 1.47 bits per heavy atom. The first-order valence-corrected chi connectivity index (χ1v) is 5.48. The van der Waals surface area contributed by atoms with Gasteiger partial charge in [0, 0.05) is 11.7 Å². The molecule has 1 aromatic heterocycles. The van der Waals surface area contributed by atoms with Crippen molar-refractivity contribution in [1.82, 2.24) is 10.3 Å². The SMILES string of the molecule is CC(Nc1ncccc1F)C(=O)NC(C)(C)C. The van der Waals surface area contributed by atoms with Crippen LogP contribution in [0.4, 0.5) is 10.2 Å². The van der Waals surface area contributed by atoms with E-state index in [1.165, 1.54) is 18.3 Å². The first-order valence-electron chi connectivity index (χ1n) is 5.48. The summed E-state index contributed by atoms with van der Waals surface area (Å²) in [5.74, 6) is -0.575. The van der Waals surface area contributed by atoms with Gasteiger partial charge in [0.25, 0.3) is 0 Å². The Balaban J connectivity index is 2.64. The molecule has 1 aromatic rings. The summed E-state index contributed by atoms with van der Waals surface area (Å²) in [5.41, 5.74) is -0.310. The number of halogens is 1. The number of nitrogens with one attached hydrogen (secondary N) is 2. The van der Waals surface area contributed by atoms with E-state index >= 15 is 0 Å². The molecule has 0 saturated carbocycles. The number of hydrogen-bond donors (Lipinski definition) is 2. The van der Waals surface area contributed by atoms with Crippen LogP contribution < -0.4 is 10.6 Å². The molecule has 94 valence electrons. The summed E-state index contributed by atoms with van der Waals surface area (Å²) in [6, 6.07) is 2.25. The van der Waals surface area contributed by atoms with Gasteiger partial charge in [0.2, 0.25) is 5.91 Å². The predicted molar refractivity (Wildman–Crippen MR) is 65.2 cm³/mol. The normalized spacial score (nSPS) is 13.0. The lowest BCUT2D eigenvalue weighted by Crippen LogP contribution is -2.47. The zero-order valence-electron chi connectivity index (χ0n) is 10.5. The number of aromatic nitrogens is 1. The van der Waals surface area contributed by atoms with E-state index in [1.807, 2.05) is 20.8 Å². The third kappa shape index (κ3) is 4.38. The van der Waals surface area contributed by atoms with Crippen molar-refractivity contribution in [2.24, 2.45) is 0 Å². The van der Waals surface area contributed by atoms with Crippen LogP contribution >= 0.6 is 0 Å². The average Bonchev–Trinajstić information content (AvgIpc) is 2.18. The molecule has 17 heavy (non-hydrogen) atoms. The van der Waals surface area contributed by atoms with E-state index in [9.17, 15) is 9.18 Å². The number of rotatable bonds is 3. The largest absolute Gasteiger partial charge is 0.356 e. The number of nitrogens with zero attached hydrogens (tertiary/aromatic N) is 1. The van der Waals surface area contributed by atoms with Crippen LogP contribution in [0.3, 0.4) is 0 Å². The van der Waals surface area contributed by atoms with Gasteiger partial charge in [-0.3, -0.25) is 4.79 Å². The number of carbonyl (C=O) groups excluding carboxylic acids is 1. The third-order valence-corrected chi connectivity index (χ3v) is 2.00. The lowest BCUT2D eigenvalue weighted by molar-refractivity contribution is -0.122. The molecule has 4 nitrogen and oxygen atoms in total. The molecule has 2 N–H and O–H groups in total. The maximum Gasteiger partial charge on any atom is 0.242 e. The summed E-state index contributed by atoms with van der Waals surface area (Å²) in [6.07, 6.45) is 1.47. The fourth-order valence-electron chi connectivity index (χ4n) is 1.24. The number of amides is 1. The summed E-state index contributed by atoms with van der Waals surface area (Å²) >= 11 is 0. The van der Waals surface area contributed by atoms with E-state index in [-0.39, 0.29) is 17.3 Å². The third-order valence-electron chi connectivity index (χ3n) is 2.00. The van der Waals surface area contributed by atoms with Crippen molar-refractivity contribution in [2.45, 2.75) is 39.3 Å². The van der Waals surface area contributed by atoms with E-state index in [0.29, 0.717) is 0 Å². The summed E-state index contributed by atoms with van der Waals surface area (Å²) in [5, 5.41) is 5.54. The van der Waals surface area contributed by atoms with Gasteiger partial charge < -0.3 is 10.6 Å². The highest BCUT2D eigenvalue weighted by Crippen LogP contribution is 2.10. The Morgan fingerprint density at radius 2 is 2.12 bits per heavy atom. The molecule has 0 bridgehead atoms. The molecule has 0 aliphatic heterocycles. The summed E-state index contributed by atoms with van der Waals surface area (Å²) in [7, 11) is 0. The van der Waals surface area contributed by atoms with Gasteiger partial charge in [0.05, 0.1) is 0 Å². The highest BCUT2D eigenvalue weighted by molar-refractivity contribution is 5.84. The summed E-state index contributed by atoms with van der Waals surface area (Å²) < 4.78 is 13.3. The number of anilines is 1. The zero-order chi connectivity index (χ0) is 13.1. The van der Waals surface area contributed by atoms with Gasteiger partial charge in [-0.2, -0.15) is 0 Å². The number of carbonyl (C=O) groups is 1. The minimum absolute atomic E-state index is 0.0871. The maximum atomic E-state index is 13.3. The molecule has 0 aliphatic carbocycles. The van der Waals surface area contributed by atoms with E-state index in [4.69, 9.17) is 0 Å². The van der Waals surface area contributed by atoms with Crippen molar-refractivity contribution in [2.75, 3.05) is 5.32 Å². The fourth-order valence-corrected chi connectivity index (χ4v) is 1.24. The minimum atomic E-state index is -0.543. The molecule has 0 aliphatic rings. The van der Waals surface area contributed by atoms with Crippen LogP contribution in [0.15, 0.2) is 18.3 Å². The van der Waals surface area contributed by atoms with Crippen LogP contribution in [-0.4, -0.2) is 22.5 Å². The smallest absolute Gasteiger partial charge is 0.242 e. The molecular formula is C12H18FN3O. The Kier molecular flexibility index (Phi) is 4.04. The molecule has 1 rings (SSSR count). The standard InChI is InChI=1S/C12H18FN3O/c1-8(11(17)16-12(2,3)4)15-10-9(13)6-5-7-14-10/h5-8H,1-4H3,(H,14,15)(H,16,17). The molecule has 0 fully saturated rings. The predicted octanol–water partition coefficient (Wildman–Crippen LogP) is 1.94. The van der Waals surface area contributed by atoms with Crippen LogP contribution in [0, 0.1) is 5.82 Å². The molecule has 5 heteroatoms. The topological polar surface area (TPSA) is 54.0 Å². The van der Waals surface area contributed by atoms with Gasteiger partial charge in [-0.05, 0) is 39.8 Å². The Labute approximate surface area is 101 Å². The summed E-state index contributed by atoms with van der Waals surface area (Å²) in [6.45, 7) is 7.33. The van der Waals surface area contributed by atoms with Crippen molar-refractivity contribution in [3.05, 3.63) is 24.1 Å². The molecule has 1 heterocycles. The molecule has 0 spiro atoms. The van der Waals surface area contributed by atoms with E-state index in [0.717, 1.165) is 0 Å². The first-order chi connectivity index (χ1) is 7.79. The Hall–Kier alpha value is -1.65. The number of pyridine rings is 1. The second kappa shape index (κ2) is 5.12. The molecule has 1 atom stereocenters.